The number of carbonyl (C=O) groups is 1. The maximum atomic E-state index is 11.7. The van der Waals surface area contributed by atoms with Gasteiger partial charge in [0, 0.05) is 17.4 Å². The number of halogens is 1. The molecule has 0 radical (unpaired) electrons. The summed E-state index contributed by atoms with van der Waals surface area (Å²) in [6, 6.07) is 11.5. The van der Waals surface area contributed by atoms with Gasteiger partial charge in [-0.1, -0.05) is 28.1 Å². The van der Waals surface area contributed by atoms with E-state index >= 15 is 0 Å². The molecule has 0 bridgehead atoms. The lowest BCUT2D eigenvalue weighted by atomic mass is 10.1. The quantitative estimate of drug-likeness (QED) is 0.923. The Morgan fingerprint density at radius 2 is 2.00 bits per heavy atom. The van der Waals surface area contributed by atoms with Crippen LogP contribution in [0.4, 0.5) is 0 Å². The summed E-state index contributed by atoms with van der Waals surface area (Å²) >= 11 is 3.36. The van der Waals surface area contributed by atoms with E-state index in [1.807, 2.05) is 36.4 Å². The van der Waals surface area contributed by atoms with Gasteiger partial charge in [-0.05, 0) is 29.8 Å². The maximum Gasteiger partial charge on any atom is 0.224 e. The molecule has 0 aliphatic heterocycles. The second kappa shape index (κ2) is 6.40. The van der Waals surface area contributed by atoms with Crippen molar-refractivity contribution in [2.75, 3.05) is 6.54 Å². The molecule has 1 aromatic carbocycles. The van der Waals surface area contributed by atoms with Crippen molar-refractivity contribution in [3.05, 3.63) is 58.5 Å². The van der Waals surface area contributed by atoms with Crippen LogP contribution in [0, 0.1) is 0 Å². The van der Waals surface area contributed by atoms with Gasteiger partial charge in [-0.15, -0.1) is 0 Å². The van der Waals surface area contributed by atoms with Crippen LogP contribution in [0.3, 0.4) is 0 Å². The van der Waals surface area contributed by atoms with Crippen LogP contribution < -0.4 is 5.32 Å². The van der Waals surface area contributed by atoms with Gasteiger partial charge in [-0.25, -0.2) is 0 Å². The first-order chi connectivity index (χ1) is 8.74. The standard InChI is InChI=1S/C14H14BrNO2/c15-12-5-3-11(4-6-12)10-14(17)16-8-7-13-2-1-9-18-13/h1-6,9H,7-8,10H2,(H,16,17). The fourth-order valence-corrected chi connectivity index (χ4v) is 1.89. The number of carbonyl (C=O) groups excluding carboxylic acids is 1. The van der Waals surface area contributed by atoms with Crippen molar-refractivity contribution < 1.29 is 9.21 Å². The molecule has 4 heteroatoms. The van der Waals surface area contributed by atoms with Crippen LogP contribution in [-0.4, -0.2) is 12.5 Å². The first-order valence-electron chi connectivity index (χ1n) is 5.77. The van der Waals surface area contributed by atoms with Crippen LogP contribution in [0.1, 0.15) is 11.3 Å². The third-order valence-electron chi connectivity index (χ3n) is 2.55. The second-order valence-corrected chi connectivity index (χ2v) is 4.90. The van der Waals surface area contributed by atoms with Gasteiger partial charge in [0.05, 0.1) is 12.7 Å². The first-order valence-corrected chi connectivity index (χ1v) is 6.57. The van der Waals surface area contributed by atoms with Gasteiger partial charge in [-0.3, -0.25) is 4.79 Å². The van der Waals surface area contributed by atoms with E-state index in [0.29, 0.717) is 13.0 Å². The Bertz CT molecular complexity index is 491. The molecule has 3 nitrogen and oxygen atoms in total. The normalized spacial score (nSPS) is 10.3. The molecular formula is C14H14BrNO2. The van der Waals surface area contributed by atoms with E-state index in [0.717, 1.165) is 22.2 Å². The van der Waals surface area contributed by atoms with Gasteiger partial charge in [-0.2, -0.15) is 0 Å². The minimum atomic E-state index is 0.0314. The third-order valence-corrected chi connectivity index (χ3v) is 3.08. The molecule has 18 heavy (non-hydrogen) atoms. The lowest BCUT2D eigenvalue weighted by Gasteiger charge is -2.04. The summed E-state index contributed by atoms with van der Waals surface area (Å²) < 4.78 is 6.21. The summed E-state index contributed by atoms with van der Waals surface area (Å²) in [4.78, 5) is 11.7. The van der Waals surface area contributed by atoms with Crippen LogP contribution >= 0.6 is 15.9 Å². The van der Waals surface area contributed by atoms with E-state index in [2.05, 4.69) is 21.2 Å². The molecule has 0 fully saturated rings. The molecule has 0 aliphatic rings. The Morgan fingerprint density at radius 3 is 2.67 bits per heavy atom. The molecule has 2 aromatic rings. The molecule has 0 atom stereocenters. The molecule has 0 unspecified atom stereocenters. The SMILES string of the molecule is O=C(Cc1ccc(Br)cc1)NCCc1ccco1. The highest BCUT2D eigenvalue weighted by Crippen LogP contribution is 2.10. The molecule has 0 saturated carbocycles. The Hall–Kier alpha value is -1.55. The fraction of sp³-hybridized carbons (Fsp3) is 0.214. The van der Waals surface area contributed by atoms with E-state index in [1.165, 1.54) is 0 Å². The zero-order valence-corrected chi connectivity index (χ0v) is 11.4. The average molecular weight is 308 g/mol. The largest absolute Gasteiger partial charge is 0.469 e. The number of hydrogen-bond acceptors (Lipinski definition) is 2. The molecule has 0 saturated heterocycles. The molecule has 1 heterocycles. The second-order valence-electron chi connectivity index (χ2n) is 3.98. The lowest BCUT2D eigenvalue weighted by molar-refractivity contribution is -0.120. The van der Waals surface area contributed by atoms with Gasteiger partial charge < -0.3 is 9.73 Å². The molecule has 1 N–H and O–H groups in total. The van der Waals surface area contributed by atoms with Crippen LogP contribution in [0.15, 0.2) is 51.6 Å². The summed E-state index contributed by atoms with van der Waals surface area (Å²) in [5, 5.41) is 2.87. The number of nitrogens with one attached hydrogen (secondary N) is 1. The fourth-order valence-electron chi connectivity index (χ4n) is 1.63. The molecular weight excluding hydrogens is 294 g/mol. The van der Waals surface area contributed by atoms with Crippen molar-refractivity contribution in [1.29, 1.82) is 0 Å². The molecule has 94 valence electrons. The minimum absolute atomic E-state index is 0.0314. The zero-order valence-electron chi connectivity index (χ0n) is 9.86. The highest BCUT2D eigenvalue weighted by Gasteiger charge is 2.03. The Labute approximate surface area is 114 Å². The molecule has 1 amide bonds. The summed E-state index contributed by atoms with van der Waals surface area (Å²) in [5.74, 6) is 0.919. The van der Waals surface area contributed by atoms with Gasteiger partial charge in [0.25, 0.3) is 0 Å². The van der Waals surface area contributed by atoms with Crippen molar-refractivity contribution in [3.63, 3.8) is 0 Å². The van der Waals surface area contributed by atoms with Crippen molar-refractivity contribution in [1.82, 2.24) is 5.32 Å². The van der Waals surface area contributed by atoms with Crippen LogP contribution in [0.25, 0.3) is 0 Å². The summed E-state index contributed by atoms with van der Waals surface area (Å²) in [6.45, 7) is 0.600. The van der Waals surface area contributed by atoms with Gasteiger partial charge in [0.2, 0.25) is 5.91 Å². The molecule has 2 rings (SSSR count). The summed E-state index contributed by atoms with van der Waals surface area (Å²) in [5.41, 5.74) is 1.01. The van der Waals surface area contributed by atoms with Crippen molar-refractivity contribution in [2.45, 2.75) is 12.8 Å². The Balaban J connectivity index is 1.73. The van der Waals surface area contributed by atoms with E-state index in [9.17, 15) is 4.79 Å². The molecule has 0 spiro atoms. The van der Waals surface area contributed by atoms with Gasteiger partial charge >= 0.3 is 0 Å². The number of hydrogen-bond donors (Lipinski definition) is 1. The van der Waals surface area contributed by atoms with Crippen LogP contribution in [0.2, 0.25) is 0 Å². The topological polar surface area (TPSA) is 42.2 Å². The molecule has 0 aliphatic carbocycles. The van der Waals surface area contributed by atoms with Crippen molar-refractivity contribution >= 4 is 21.8 Å². The predicted octanol–water partition coefficient (Wildman–Crippen LogP) is 2.94. The number of furan rings is 1. The van der Waals surface area contributed by atoms with E-state index in [-0.39, 0.29) is 5.91 Å². The van der Waals surface area contributed by atoms with E-state index < -0.39 is 0 Å². The number of benzene rings is 1. The van der Waals surface area contributed by atoms with Gasteiger partial charge in [0.15, 0.2) is 0 Å². The van der Waals surface area contributed by atoms with E-state index in [4.69, 9.17) is 4.42 Å². The van der Waals surface area contributed by atoms with E-state index in [1.54, 1.807) is 6.26 Å². The molecule has 1 aromatic heterocycles. The zero-order chi connectivity index (χ0) is 12.8. The van der Waals surface area contributed by atoms with Gasteiger partial charge in [0.1, 0.15) is 5.76 Å². The van der Waals surface area contributed by atoms with Crippen LogP contribution in [0.5, 0.6) is 0 Å². The minimum Gasteiger partial charge on any atom is -0.469 e. The lowest BCUT2D eigenvalue weighted by Crippen LogP contribution is -2.27. The monoisotopic (exact) mass is 307 g/mol. The number of amides is 1. The van der Waals surface area contributed by atoms with Crippen molar-refractivity contribution in [2.24, 2.45) is 0 Å². The maximum absolute atomic E-state index is 11.7. The smallest absolute Gasteiger partial charge is 0.224 e. The highest BCUT2D eigenvalue weighted by atomic mass is 79.9. The van der Waals surface area contributed by atoms with Crippen molar-refractivity contribution in [3.8, 4) is 0 Å². The number of rotatable bonds is 5. The average Bonchev–Trinajstić information content (AvgIpc) is 2.85. The Kier molecular flexibility index (Phi) is 4.59. The Morgan fingerprint density at radius 1 is 1.22 bits per heavy atom. The van der Waals surface area contributed by atoms with Crippen LogP contribution in [-0.2, 0) is 17.6 Å². The first kappa shape index (κ1) is 12.9. The summed E-state index contributed by atoms with van der Waals surface area (Å²) in [6.07, 6.45) is 2.77. The predicted molar refractivity (Wildman–Crippen MR) is 73.3 cm³/mol. The summed E-state index contributed by atoms with van der Waals surface area (Å²) in [7, 11) is 0. The highest BCUT2D eigenvalue weighted by molar-refractivity contribution is 9.10. The third kappa shape index (κ3) is 4.04.